The predicted octanol–water partition coefficient (Wildman–Crippen LogP) is 20.8. The van der Waals surface area contributed by atoms with Crippen molar-refractivity contribution in [2.24, 2.45) is 52.3 Å². The Hall–Kier alpha value is -0.530. The maximum absolute atomic E-state index is 14.3. The fourth-order valence-corrected chi connectivity index (χ4v) is 15.7. The molecular formula is C63H119NO. The first kappa shape index (κ1) is 57.1. The van der Waals surface area contributed by atoms with Gasteiger partial charge in [-0.15, -0.1) is 0 Å². The zero-order chi connectivity index (χ0) is 46.6. The largest absolute Gasteiger partial charge is 0.340 e. The average Bonchev–Trinajstić information content (AvgIpc) is 3.65. The van der Waals surface area contributed by atoms with Crippen molar-refractivity contribution < 1.29 is 4.79 Å². The monoisotopic (exact) mass is 906 g/mol. The van der Waals surface area contributed by atoms with Gasteiger partial charge in [0.25, 0.3) is 0 Å². The minimum Gasteiger partial charge on any atom is -0.340 e. The zero-order valence-electron chi connectivity index (χ0n) is 45.8. The van der Waals surface area contributed by atoms with E-state index < -0.39 is 0 Å². The third kappa shape index (κ3) is 19.7. The van der Waals surface area contributed by atoms with Crippen molar-refractivity contribution in [3.8, 4) is 0 Å². The molecule has 2 heteroatoms. The summed E-state index contributed by atoms with van der Waals surface area (Å²) in [5.41, 5.74) is 1.08. The van der Waals surface area contributed by atoms with Gasteiger partial charge in [-0.1, -0.05) is 254 Å². The average molecular weight is 907 g/mol. The number of carbonyl (C=O) groups is 1. The number of hydrogen-bond acceptors (Lipinski definition) is 1. The number of rotatable bonds is 39. The standard InChI is InChI=1S/C63H119NO/c1-8-10-12-14-16-18-20-22-24-26-28-30-32-34-36-38-51-64(61(65)42-37-35-33-31-29-27-25-23-21-19-17-15-13-11-9-2)56-47-49-62(6)55(52-56)43-44-57-59-46-45-58(54(5)41-39-40-53(3)4)63(59,7)50-48-60(57)62/h53-60H,8-52H2,1-7H3/t54-,55?,56?,57?,58-,59?,60?,62+,63-/m1/s1. The first-order valence-electron chi connectivity index (χ1n) is 30.9. The quantitative estimate of drug-likeness (QED) is 0.0563. The van der Waals surface area contributed by atoms with E-state index in [1.165, 1.54) is 270 Å². The number of hydrogen-bond donors (Lipinski definition) is 0. The second kappa shape index (κ2) is 33.1. The first-order valence-corrected chi connectivity index (χ1v) is 30.9. The molecule has 0 heterocycles. The number of fused-ring (bicyclic) bond motifs is 5. The van der Waals surface area contributed by atoms with E-state index in [4.69, 9.17) is 0 Å². The van der Waals surface area contributed by atoms with Crippen molar-refractivity contribution >= 4 is 5.91 Å². The molecule has 4 rings (SSSR count). The highest BCUT2D eigenvalue weighted by Crippen LogP contribution is 2.68. The highest BCUT2D eigenvalue weighted by molar-refractivity contribution is 5.76. The van der Waals surface area contributed by atoms with Crippen molar-refractivity contribution in [1.29, 1.82) is 0 Å². The van der Waals surface area contributed by atoms with E-state index in [-0.39, 0.29) is 0 Å². The Balaban J connectivity index is 1.20. The highest BCUT2D eigenvalue weighted by atomic mass is 16.2. The maximum Gasteiger partial charge on any atom is 0.222 e. The number of amides is 1. The maximum atomic E-state index is 14.3. The molecule has 4 aliphatic carbocycles. The van der Waals surface area contributed by atoms with Gasteiger partial charge in [-0.3, -0.25) is 4.79 Å². The van der Waals surface area contributed by atoms with Crippen LogP contribution in [0, 0.1) is 52.3 Å². The van der Waals surface area contributed by atoms with Gasteiger partial charge < -0.3 is 4.90 Å². The predicted molar refractivity (Wildman–Crippen MR) is 288 cm³/mol. The lowest BCUT2D eigenvalue weighted by Gasteiger charge is -2.62. The lowest BCUT2D eigenvalue weighted by atomic mass is 9.44. The van der Waals surface area contributed by atoms with Crippen LogP contribution < -0.4 is 0 Å². The molecule has 5 unspecified atom stereocenters. The Morgan fingerprint density at radius 2 is 0.923 bits per heavy atom. The Bertz CT molecular complexity index is 1180. The summed E-state index contributed by atoms with van der Waals surface area (Å²) in [6, 6.07) is 0.501. The van der Waals surface area contributed by atoms with Gasteiger partial charge in [-0.25, -0.2) is 0 Å². The summed E-state index contributed by atoms with van der Waals surface area (Å²) in [5, 5.41) is 0. The van der Waals surface area contributed by atoms with Crippen LogP contribution in [0.25, 0.3) is 0 Å². The molecule has 4 saturated carbocycles. The van der Waals surface area contributed by atoms with E-state index in [1.807, 2.05) is 0 Å². The summed E-state index contributed by atoms with van der Waals surface area (Å²) < 4.78 is 0. The summed E-state index contributed by atoms with van der Waals surface area (Å²) in [7, 11) is 0. The second-order valence-electron chi connectivity index (χ2n) is 25.2. The first-order chi connectivity index (χ1) is 31.7. The molecule has 0 aliphatic heterocycles. The molecule has 382 valence electrons. The zero-order valence-corrected chi connectivity index (χ0v) is 45.8. The van der Waals surface area contributed by atoms with E-state index in [0.717, 1.165) is 60.8 Å². The van der Waals surface area contributed by atoms with E-state index in [2.05, 4.69) is 53.4 Å². The van der Waals surface area contributed by atoms with Crippen LogP contribution in [-0.2, 0) is 4.79 Å². The molecule has 0 saturated heterocycles. The summed E-state index contributed by atoms with van der Waals surface area (Å²) in [5.74, 6) is 6.91. The van der Waals surface area contributed by atoms with Gasteiger partial charge >= 0.3 is 0 Å². The molecule has 0 spiro atoms. The lowest BCUT2D eigenvalue weighted by Crippen LogP contribution is -2.56. The van der Waals surface area contributed by atoms with E-state index >= 15 is 0 Å². The van der Waals surface area contributed by atoms with Crippen LogP contribution in [0.1, 0.15) is 331 Å². The highest BCUT2D eigenvalue weighted by Gasteiger charge is 2.60. The van der Waals surface area contributed by atoms with Crippen molar-refractivity contribution in [2.75, 3.05) is 6.54 Å². The molecule has 0 N–H and O–H groups in total. The molecule has 0 aromatic heterocycles. The summed E-state index contributed by atoms with van der Waals surface area (Å²) in [6.07, 6.45) is 61.4. The minimum absolute atomic E-state index is 0.499. The Kier molecular flexibility index (Phi) is 29.1. The van der Waals surface area contributed by atoms with Gasteiger partial charge in [-0.2, -0.15) is 0 Å². The normalized spacial score (nSPS) is 28.0. The molecule has 4 aliphatic rings. The van der Waals surface area contributed by atoms with Gasteiger partial charge in [0.05, 0.1) is 0 Å². The molecule has 4 fully saturated rings. The Morgan fingerprint density at radius 3 is 1.42 bits per heavy atom. The van der Waals surface area contributed by atoms with Crippen LogP contribution in [0.3, 0.4) is 0 Å². The molecule has 0 aromatic rings. The van der Waals surface area contributed by atoms with E-state index in [9.17, 15) is 4.79 Å². The summed E-state index contributed by atoms with van der Waals surface area (Å²) >= 11 is 0. The molecule has 0 radical (unpaired) electrons. The van der Waals surface area contributed by atoms with E-state index in [0.29, 0.717) is 22.8 Å². The van der Waals surface area contributed by atoms with Gasteiger partial charge in [-0.05, 0) is 123 Å². The smallest absolute Gasteiger partial charge is 0.222 e. The second-order valence-corrected chi connectivity index (χ2v) is 25.2. The molecule has 0 aromatic carbocycles. The molecule has 65 heavy (non-hydrogen) atoms. The van der Waals surface area contributed by atoms with Crippen molar-refractivity contribution in [2.45, 2.75) is 337 Å². The molecule has 2 nitrogen and oxygen atoms in total. The van der Waals surface area contributed by atoms with Crippen LogP contribution in [0.2, 0.25) is 0 Å². The molecule has 1 amide bonds. The van der Waals surface area contributed by atoms with Crippen LogP contribution in [0.4, 0.5) is 0 Å². The fourth-order valence-electron chi connectivity index (χ4n) is 15.7. The number of nitrogens with zero attached hydrogens (tertiary/aromatic N) is 1. The van der Waals surface area contributed by atoms with E-state index in [1.54, 1.807) is 0 Å². The Labute approximate surface area is 409 Å². The van der Waals surface area contributed by atoms with Crippen LogP contribution in [-0.4, -0.2) is 23.4 Å². The molecular weight excluding hydrogens is 787 g/mol. The van der Waals surface area contributed by atoms with Crippen LogP contribution in [0.5, 0.6) is 0 Å². The Morgan fingerprint density at radius 1 is 0.477 bits per heavy atom. The minimum atomic E-state index is 0.499. The number of carbonyl (C=O) groups excluding carboxylic acids is 1. The van der Waals surface area contributed by atoms with Crippen molar-refractivity contribution in [3.63, 3.8) is 0 Å². The van der Waals surface area contributed by atoms with Crippen molar-refractivity contribution in [1.82, 2.24) is 4.90 Å². The topological polar surface area (TPSA) is 20.3 Å². The lowest BCUT2D eigenvalue weighted by molar-refractivity contribution is -0.143. The fraction of sp³-hybridized carbons (Fsp3) is 0.984. The third-order valence-corrected chi connectivity index (χ3v) is 19.8. The van der Waals surface area contributed by atoms with Gasteiger partial charge in [0, 0.05) is 19.0 Å². The van der Waals surface area contributed by atoms with Gasteiger partial charge in [0.15, 0.2) is 0 Å². The van der Waals surface area contributed by atoms with Crippen LogP contribution in [0.15, 0.2) is 0 Å². The molecule has 9 atom stereocenters. The third-order valence-electron chi connectivity index (χ3n) is 19.8. The SMILES string of the molecule is CCCCCCCCCCCCCCCCCCN(C(=O)CCCCCCCCCCCCCCCCC)C1CC[C@@]2(C)C(CCC3C2CC[C@@]2(C)C3CC[C@@H]2[C@H](C)CCCC(C)C)C1. The number of unbranched alkanes of at least 4 members (excludes halogenated alkanes) is 29. The summed E-state index contributed by atoms with van der Waals surface area (Å²) in [4.78, 5) is 16.8. The van der Waals surface area contributed by atoms with Crippen molar-refractivity contribution in [3.05, 3.63) is 0 Å². The molecule has 0 bridgehead atoms. The summed E-state index contributed by atoms with van der Waals surface area (Å²) in [6.45, 7) is 18.7. The van der Waals surface area contributed by atoms with Crippen LogP contribution >= 0.6 is 0 Å². The van der Waals surface area contributed by atoms with Gasteiger partial charge in [0.1, 0.15) is 0 Å². The van der Waals surface area contributed by atoms with Gasteiger partial charge in [0.2, 0.25) is 5.91 Å².